The van der Waals surface area contributed by atoms with Crippen LogP contribution in [0, 0.1) is 5.82 Å². The predicted octanol–water partition coefficient (Wildman–Crippen LogP) is 2.09. The predicted molar refractivity (Wildman–Crippen MR) is 59.8 cm³/mol. The summed E-state index contributed by atoms with van der Waals surface area (Å²) in [6, 6.07) is 3.80. The Labute approximate surface area is 102 Å². The number of anilines is 1. The van der Waals surface area contributed by atoms with E-state index < -0.39 is 11.7 Å². The summed E-state index contributed by atoms with van der Waals surface area (Å²) < 4.78 is 16.7. The standard InChI is InChI=1S/C8H4BrFN4OS/c9-6-3-4(10)1-2-5(6)7(15)11-8-12-13-14-16-8/h1-3H,(H,11,12,14,15). The van der Waals surface area contributed by atoms with E-state index in [4.69, 9.17) is 0 Å². The number of hydrogen-bond acceptors (Lipinski definition) is 5. The van der Waals surface area contributed by atoms with Gasteiger partial charge in [0.15, 0.2) is 0 Å². The highest BCUT2D eigenvalue weighted by Crippen LogP contribution is 2.19. The fourth-order valence-electron chi connectivity index (χ4n) is 1.02. The molecule has 1 heterocycles. The van der Waals surface area contributed by atoms with Gasteiger partial charge in [-0.25, -0.2) is 4.39 Å². The minimum Gasteiger partial charge on any atom is -0.295 e. The summed E-state index contributed by atoms with van der Waals surface area (Å²) in [4.78, 5) is 11.7. The van der Waals surface area contributed by atoms with E-state index in [1.165, 1.54) is 18.2 Å². The van der Waals surface area contributed by atoms with E-state index in [1.54, 1.807) is 0 Å². The van der Waals surface area contributed by atoms with Crippen molar-refractivity contribution in [2.45, 2.75) is 0 Å². The Kier molecular flexibility index (Phi) is 3.20. The molecule has 16 heavy (non-hydrogen) atoms. The van der Waals surface area contributed by atoms with Gasteiger partial charge in [-0.05, 0) is 39.3 Å². The lowest BCUT2D eigenvalue weighted by Crippen LogP contribution is -2.12. The van der Waals surface area contributed by atoms with Crippen LogP contribution < -0.4 is 5.32 Å². The molecule has 0 bridgehead atoms. The molecule has 0 saturated carbocycles. The molecule has 2 aromatic rings. The molecule has 2 rings (SSSR count). The van der Waals surface area contributed by atoms with Gasteiger partial charge >= 0.3 is 0 Å². The van der Waals surface area contributed by atoms with Gasteiger partial charge in [0.05, 0.1) is 5.56 Å². The van der Waals surface area contributed by atoms with Crippen molar-refractivity contribution in [3.8, 4) is 0 Å². The third kappa shape index (κ3) is 2.39. The number of carbonyl (C=O) groups excluding carboxylic acids is 1. The number of halogens is 2. The molecule has 1 aromatic heterocycles. The molecule has 0 radical (unpaired) electrons. The highest BCUT2D eigenvalue weighted by Gasteiger charge is 2.12. The minimum absolute atomic E-state index is 0.293. The molecular formula is C8H4BrFN4OS. The molecule has 1 aromatic carbocycles. The summed E-state index contributed by atoms with van der Waals surface area (Å²) in [5.41, 5.74) is 0.316. The molecule has 0 saturated heterocycles. The summed E-state index contributed by atoms with van der Waals surface area (Å²) in [5, 5.41) is 9.68. The molecule has 1 N–H and O–H groups in total. The van der Waals surface area contributed by atoms with Crippen molar-refractivity contribution in [3.63, 3.8) is 0 Å². The van der Waals surface area contributed by atoms with Gasteiger partial charge < -0.3 is 0 Å². The van der Waals surface area contributed by atoms with Crippen LogP contribution in [0.3, 0.4) is 0 Å². The second-order valence-electron chi connectivity index (χ2n) is 2.75. The van der Waals surface area contributed by atoms with E-state index >= 15 is 0 Å². The van der Waals surface area contributed by atoms with Crippen LogP contribution in [0.4, 0.5) is 9.52 Å². The molecule has 8 heteroatoms. The zero-order chi connectivity index (χ0) is 11.5. The SMILES string of the molecule is O=C(Nc1nnns1)c1ccc(F)cc1Br. The van der Waals surface area contributed by atoms with Crippen LogP contribution in [0.15, 0.2) is 22.7 Å². The molecule has 0 aliphatic heterocycles. The van der Waals surface area contributed by atoms with Gasteiger partial charge in [0.2, 0.25) is 5.13 Å². The molecular weight excluding hydrogens is 299 g/mol. The van der Waals surface area contributed by atoms with Crippen molar-refractivity contribution < 1.29 is 9.18 Å². The lowest BCUT2D eigenvalue weighted by molar-refractivity contribution is 0.102. The molecule has 0 spiro atoms. The fraction of sp³-hybridized carbons (Fsp3) is 0. The van der Waals surface area contributed by atoms with Crippen LogP contribution in [0.2, 0.25) is 0 Å². The zero-order valence-corrected chi connectivity index (χ0v) is 10.0. The van der Waals surface area contributed by atoms with Gasteiger partial charge in [-0.2, -0.15) is 0 Å². The molecule has 1 amide bonds. The van der Waals surface area contributed by atoms with E-state index in [0.717, 1.165) is 11.5 Å². The minimum atomic E-state index is -0.416. The van der Waals surface area contributed by atoms with Crippen molar-refractivity contribution in [2.75, 3.05) is 5.32 Å². The van der Waals surface area contributed by atoms with E-state index in [2.05, 4.69) is 36.0 Å². The first-order valence-electron chi connectivity index (χ1n) is 4.08. The number of nitrogens with one attached hydrogen (secondary N) is 1. The van der Waals surface area contributed by atoms with Gasteiger partial charge in [-0.15, -0.1) is 0 Å². The normalized spacial score (nSPS) is 10.1. The Morgan fingerprint density at radius 1 is 1.50 bits per heavy atom. The lowest BCUT2D eigenvalue weighted by Gasteiger charge is -2.03. The lowest BCUT2D eigenvalue weighted by atomic mass is 10.2. The number of hydrogen-bond donors (Lipinski definition) is 1. The van der Waals surface area contributed by atoms with Crippen LogP contribution in [0.1, 0.15) is 10.4 Å². The van der Waals surface area contributed by atoms with Gasteiger partial charge in [-0.1, -0.05) is 9.59 Å². The number of amides is 1. The third-order valence-corrected chi connectivity index (χ3v) is 2.86. The third-order valence-electron chi connectivity index (χ3n) is 1.70. The molecule has 0 aliphatic carbocycles. The van der Waals surface area contributed by atoms with Crippen molar-refractivity contribution >= 4 is 38.5 Å². The highest BCUT2D eigenvalue weighted by molar-refractivity contribution is 9.10. The maximum Gasteiger partial charge on any atom is 0.258 e. The van der Waals surface area contributed by atoms with Crippen molar-refractivity contribution in [2.24, 2.45) is 0 Å². The number of benzene rings is 1. The Balaban J connectivity index is 2.21. The number of carbonyl (C=O) groups is 1. The summed E-state index contributed by atoms with van der Waals surface area (Å²) >= 11 is 4.06. The van der Waals surface area contributed by atoms with Crippen LogP contribution in [-0.2, 0) is 0 Å². The van der Waals surface area contributed by atoms with Crippen LogP contribution in [0.25, 0.3) is 0 Å². The number of rotatable bonds is 2. The van der Waals surface area contributed by atoms with Gasteiger partial charge in [0.25, 0.3) is 5.91 Å². The molecule has 5 nitrogen and oxygen atoms in total. The molecule has 82 valence electrons. The molecule has 0 unspecified atom stereocenters. The highest BCUT2D eigenvalue weighted by atomic mass is 79.9. The summed E-state index contributed by atoms with van der Waals surface area (Å²) in [7, 11) is 0. The van der Waals surface area contributed by atoms with Gasteiger partial charge in [0, 0.05) is 16.0 Å². The molecule has 0 atom stereocenters. The Bertz CT molecular complexity index is 519. The molecule has 0 fully saturated rings. The first-order chi connectivity index (χ1) is 7.66. The quantitative estimate of drug-likeness (QED) is 0.922. The average molecular weight is 303 g/mol. The zero-order valence-electron chi connectivity index (χ0n) is 7.65. The maximum atomic E-state index is 12.8. The van der Waals surface area contributed by atoms with Crippen LogP contribution >= 0.6 is 27.5 Å². The number of aromatic nitrogens is 3. The van der Waals surface area contributed by atoms with Gasteiger partial charge in [-0.3, -0.25) is 10.1 Å². The fourth-order valence-corrected chi connectivity index (χ4v) is 1.91. The van der Waals surface area contributed by atoms with E-state index in [-0.39, 0.29) is 0 Å². The summed E-state index contributed by atoms with van der Waals surface area (Å²) in [6.45, 7) is 0. The first-order valence-corrected chi connectivity index (χ1v) is 5.65. The van der Waals surface area contributed by atoms with E-state index in [1.807, 2.05) is 0 Å². The van der Waals surface area contributed by atoms with Crippen molar-refractivity contribution in [1.82, 2.24) is 14.8 Å². The second-order valence-corrected chi connectivity index (χ2v) is 4.33. The smallest absolute Gasteiger partial charge is 0.258 e. The Morgan fingerprint density at radius 2 is 2.31 bits per heavy atom. The van der Waals surface area contributed by atoms with E-state index in [9.17, 15) is 9.18 Å². The monoisotopic (exact) mass is 302 g/mol. The summed E-state index contributed by atoms with van der Waals surface area (Å²) in [5.74, 6) is -0.813. The van der Waals surface area contributed by atoms with Crippen LogP contribution in [-0.4, -0.2) is 20.7 Å². The second kappa shape index (κ2) is 4.62. The van der Waals surface area contributed by atoms with Crippen LogP contribution in [0.5, 0.6) is 0 Å². The topological polar surface area (TPSA) is 67.8 Å². The first kappa shape index (κ1) is 11.1. The van der Waals surface area contributed by atoms with E-state index in [0.29, 0.717) is 15.2 Å². The average Bonchev–Trinajstić information content (AvgIpc) is 2.70. The Hall–Kier alpha value is -1.41. The van der Waals surface area contributed by atoms with Gasteiger partial charge in [0.1, 0.15) is 5.82 Å². The largest absolute Gasteiger partial charge is 0.295 e. The summed E-state index contributed by atoms with van der Waals surface area (Å²) in [6.07, 6.45) is 0. The van der Waals surface area contributed by atoms with Crippen molar-refractivity contribution in [1.29, 1.82) is 0 Å². The van der Waals surface area contributed by atoms with Crippen molar-refractivity contribution in [3.05, 3.63) is 34.1 Å². The Morgan fingerprint density at radius 3 is 2.94 bits per heavy atom. The number of nitrogens with zero attached hydrogens (tertiary/aromatic N) is 3. The molecule has 0 aliphatic rings. The maximum absolute atomic E-state index is 12.8.